The van der Waals surface area contributed by atoms with E-state index in [1.54, 1.807) is 6.20 Å². The van der Waals surface area contributed by atoms with Gasteiger partial charge in [-0.3, -0.25) is 9.88 Å². The molecule has 0 saturated carbocycles. The van der Waals surface area contributed by atoms with Gasteiger partial charge >= 0.3 is 0 Å². The van der Waals surface area contributed by atoms with Crippen molar-refractivity contribution >= 4 is 11.6 Å². The molecule has 1 aromatic rings. The second-order valence-corrected chi connectivity index (χ2v) is 4.35. The van der Waals surface area contributed by atoms with Crippen LogP contribution in [0.2, 0.25) is 5.15 Å². The highest BCUT2D eigenvalue weighted by atomic mass is 35.5. The molecule has 1 saturated heterocycles. The summed E-state index contributed by atoms with van der Waals surface area (Å²) in [4.78, 5) is 9.93. The minimum absolute atomic E-state index is 0.0823. The Bertz CT molecular complexity index is 363. The number of piperidine rings is 1. The monoisotopic (exact) mass is 247 g/mol. The van der Waals surface area contributed by atoms with E-state index >= 15 is 0 Å². The van der Waals surface area contributed by atoms with Crippen LogP contribution in [0.1, 0.15) is 18.5 Å². The van der Waals surface area contributed by atoms with Crippen molar-refractivity contribution in [1.29, 1.82) is 0 Å². The lowest BCUT2D eigenvalue weighted by atomic mass is 10.1. The van der Waals surface area contributed by atoms with Crippen LogP contribution in [-0.4, -0.2) is 33.9 Å². The molecule has 1 fully saturated rings. The lowest BCUT2D eigenvalue weighted by molar-refractivity contribution is -0.0568. The summed E-state index contributed by atoms with van der Waals surface area (Å²) in [6, 6.07) is 0. The Hall–Kier alpha value is -0.810. The first-order valence-electron chi connectivity index (χ1n) is 5.12. The molecule has 1 aliphatic heterocycles. The number of hydrogen-bond acceptors (Lipinski definition) is 3. The van der Waals surface area contributed by atoms with E-state index in [9.17, 15) is 8.78 Å². The molecule has 0 N–H and O–H groups in total. The molecule has 0 amide bonds. The van der Waals surface area contributed by atoms with E-state index in [0.717, 1.165) is 5.69 Å². The van der Waals surface area contributed by atoms with Gasteiger partial charge in [0.2, 0.25) is 0 Å². The number of likely N-dealkylation sites (tertiary alicyclic amines) is 1. The summed E-state index contributed by atoms with van der Waals surface area (Å²) >= 11 is 5.70. The quantitative estimate of drug-likeness (QED) is 0.803. The van der Waals surface area contributed by atoms with Crippen LogP contribution >= 0.6 is 11.6 Å². The molecular formula is C10H12ClF2N3. The zero-order chi connectivity index (χ0) is 11.6. The van der Waals surface area contributed by atoms with Gasteiger partial charge in [-0.05, 0) is 0 Å². The van der Waals surface area contributed by atoms with Gasteiger partial charge in [0.25, 0.3) is 5.92 Å². The fourth-order valence-electron chi connectivity index (χ4n) is 1.72. The van der Waals surface area contributed by atoms with Crippen molar-refractivity contribution in [3.63, 3.8) is 0 Å². The van der Waals surface area contributed by atoms with Crippen LogP contribution in [0.4, 0.5) is 8.78 Å². The summed E-state index contributed by atoms with van der Waals surface area (Å²) in [6.07, 6.45) is 2.90. The van der Waals surface area contributed by atoms with Crippen molar-refractivity contribution in [2.45, 2.75) is 25.3 Å². The zero-order valence-corrected chi connectivity index (χ0v) is 9.42. The van der Waals surface area contributed by atoms with Gasteiger partial charge in [0, 0.05) is 38.7 Å². The normalized spacial score (nSPS) is 20.9. The van der Waals surface area contributed by atoms with Crippen LogP contribution in [0.5, 0.6) is 0 Å². The van der Waals surface area contributed by atoms with E-state index in [1.165, 1.54) is 6.20 Å². The Morgan fingerprint density at radius 2 is 2.00 bits per heavy atom. The molecule has 3 nitrogen and oxygen atoms in total. The summed E-state index contributed by atoms with van der Waals surface area (Å²) < 4.78 is 25.8. The molecular weight excluding hydrogens is 236 g/mol. The second-order valence-electron chi connectivity index (χ2n) is 3.97. The summed E-state index contributed by atoms with van der Waals surface area (Å²) in [5.74, 6) is -2.50. The number of nitrogens with zero attached hydrogens (tertiary/aromatic N) is 3. The Labute approximate surface area is 97.4 Å². The van der Waals surface area contributed by atoms with Crippen LogP contribution < -0.4 is 0 Å². The summed E-state index contributed by atoms with van der Waals surface area (Å²) in [6.45, 7) is 1.31. The number of rotatable bonds is 2. The number of aromatic nitrogens is 2. The molecule has 0 unspecified atom stereocenters. The maximum Gasteiger partial charge on any atom is 0.250 e. The summed E-state index contributed by atoms with van der Waals surface area (Å²) in [7, 11) is 0. The average Bonchev–Trinajstić information content (AvgIpc) is 2.21. The van der Waals surface area contributed by atoms with Gasteiger partial charge in [-0.2, -0.15) is 0 Å². The molecule has 0 aliphatic carbocycles. The summed E-state index contributed by atoms with van der Waals surface area (Å²) in [5.41, 5.74) is 0.720. The van der Waals surface area contributed by atoms with Crippen molar-refractivity contribution in [1.82, 2.24) is 14.9 Å². The topological polar surface area (TPSA) is 29.0 Å². The third kappa shape index (κ3) is 3.09. The molecule has 16 heavy (non-hydrogen) atoms. The lowest BCUT2D eigenvalue weighted by Gasteiger charge is -2.31. The van der Waals surface area contributed by atoms with Crippen LogP contribution in [0.25, 0.3) is 0 Å². The molecule has 6 heteroatoms. The molecule has 1 aliphatic rings. The Balaban J connectivity index is 1.92. The third-order valence-electron chi connectivity index (χ3n) is 2.63. The fraction of sp³-hybridized carbons (Fsp3) is 0.600. The van der Waals surface area contributed by atoms with Gasteiger partial charge in [0.1, 0.15) is 5.15 Å². The minimum atomic E-state index is -2.50. The van der Waals surface area contributed by atoms with Crippen LogP contribution in [0, 0.1) is 0 Å². The van der Waals surface area contributed by atoms with Crippen molar-refractivity contribution < 1.29 is 8.78 Å². The van der Waals surface area contributed by atoms with E-state index in [1.807, 2.05) is 4.90 Å². The first-order chi connectivity index (χ1) is 7.55. The highest BCUT2D eigenvalue weighted by Gasteiger charge is 2.33. The molecule has 0 atom stereocenters. The van der Waals surface area contributed by atoms with Crippen molar-refractivity contribution in [2.75, 3.05) is 13.1 Å². The lowest BCUT2D eigenvalue weighted by Crippen LogP contribution is -2.39. The molecule has 2 rings (SSSR count). The van der Waals surface area contributed by atoms with Crippen molar-refractivity contribution in [3.05, 3.63) is 23.2 Å². The largest absolute Gasteiger partial charge is 0.297 e. The van der Waals surface area contributed by atoms with Gasteiger partial charge in [-0.15, -0.1) is 0 Å². The SMILES string of the molecule is FC1(F)CCN(Cc2cncc(Cl)n2)CC1. The van der Waals surface area contributed by atoms with Gasteiger partial charge in [-0.1, -0.05) is 11.6 Å². The van der Waals surface area contributed by atoms with E-state index in [0.29, 0.717) is 24.8 Å². The molecule has 1 aromatic heterocycles. The summed E-state index contributed by atoms with van der Waals surface area (Å²) in [5, 5.41) is 0.333. The average molecular weight is 248 g/mol. The van der Waals surface area contributed by atoms with E-state index in [2.05, 4.69) is 9.97 Å². The Morgan fingerprint density at radius 1 is 1.31 bits per heavy atom. The smallest absolute Gasteiger partial charge is 0.250 e. The number of halogens is 3. The number of alkyl halides is 2. The number of hydrogen-bond donors (Lipinski definition) is 0. The van der Waals surface area contributed by atoms with Gasteiger partial charge in [-0.25, -0.2) is 13.8 Å². The van der Waals surface area contributed by atoms with Gasteiger partial charge in [0.05, 0.1) is 11.9 Å². The fourth-order valence-corrected chi connectivity index (χ4v) is 1.89. The van der Waals surface area contributed by atoms with E-state index in [-0.39, 0.29) is 12.8 Å². The van der Waals surface area contributed by atoms with Gasteiger partial charge < -0.3 is 0 Å². The maximum absolute atomic E-state index is 12.9. The van der Waals surface area contributed by atoms with Crippen molar-refractivity contribution in [2.24, 2.45) is 0 Å². The molecule has 0 aromatic carbocycles. The van der Waals surface area contributed by atoms with E-state index < -0.39 is 5.92 Å². The van der Waals surface area contributed by atoms with Gasteiger partial charge in [0.15, 0.2) is 0 Å². The molecule has 88 valence electrons. The third-order valence-corrected chi connectivity index (χ3v) is 2.81. The molecule has 2 heterocycles. The maximum atomic E-state index is 12.9. The zero-order valence-electron chi connectivity index (χ0n) is 8.67. The standard InChI is InChI=1S/C10H12ClF2N3/c11-9-6-14-5-8(15-9)7-16-3-1-10(12,13)2-4-16/h5-6H,1-4,7H2. The highest BCUT2D eigenvalue weighted by Crippen LogP contribution is 2.28. The molecule has 0 radical (unpaired) electrons. The van der Waals surface area contributed by atoms with Crippen LogP contribution in [-0.2, 0) is 6.54 Å². The second kappa shape index (κ2) is 4.59. The molecule has 0 bridgehead atoms. The first kappa shape index (κ1) is 11.7. The first-order valence-corrected chi connectivity index (χ1v) is 5.50. The predicted molar refractivity (Wildman–Crippen MR) is 56.5 cm³/mol. The predicted octanol–water partition coefficient (Wildman–Crippen LogP) is 2.36. The van der Waals surface area contributed by atoms with E-state index in [4.69, 9.17) is 11.6 Å². The minimum Gasteiger partial charge on any atom is -0.297 e. The Kier molecular flexibility index (Phi) is 3.35. The highest BCUT2D eigenvalue weighted by molar-refractivity contribution is 6.29. The molecule has 0 spiro atoms. The van der Waals surface area contributed by atoms with Crippen LogP contribution in [0.3, 0.4) is 0 Å². The van der Waals surface area contributed by atoms with Crippen molar-refractivity contribution in [3.8, 4) is 0 Å². The van der Waals surface area contributed by atoms with Crippen LogP contribution in [0.15, 0.2) is 12.4 Å². The Morgan fingerprint density at radius 3 is 2.62 bits per heavy atom.